The summed E-state index contributed by atoms with van der Waals surface area (Å²) in [7, 11) is 0. The van der Waals surface area contributed by atoms with Crippen LogP contribution < -0.4 is 9.64 Å². The van der Waals surface area contributed by atoms with Gasteiger partial charge >= 0.3 is 5.97 Å². The van der Waals surface area contributed by atoms with Crippen molar-refractivity contribution in [3.63, 3.8) is 0 Å². The predicted octanol–water partition coefficient (Wildman–Crippen LogP) is 5.28. The van der Waals surface area contributed by atoms with E-state index >= 15 is 0 Å². The number of aryl methyl sites for hydroxylation is 1. The smallest absolute Gasteiger partial charge is 0.303 e. The van der Waals surface area contributed by atoms with Crippen LogP contribution in [-0.2, 0) is 11.2 Å². The van der Waals surface area contributed by atoms with Crippen molar-refractivity contribution in [3.8, 4) is 5.88 Å². The van der Waals surface area contributed by atoms with E-state index in [1.54, 1.807) is 0 Å². The topological polar surface area (TPSA) is 101 Å². The van der Waals surface area contributed by atoms with Gasteiger partial charge in [0.1, 0.15) is 18.0 Å². The highest BCUT2D eigenvalue weighted by molar-refractivity contribution is 6.20. The number of carbonyl (C=O) groups is 1. The Bertz CT molecular complexity index is 1090. The number of pyridine rings is 1. The van der Waals surface area contributed by atoms with Crippen LogP contribution in [0.4, 0.5) is 11.5 Å². The molecule has 2 aromatic rings. The fourth-order valence-corrected chi connectivity index (χ4v) is 5.40. The van der Waals surface area contributed by atoms with Gasteiger partial charge in [0.2, 0.25) is 5.88 Å². The third-order valence-electron chi connectivity index (χ3n) is 7.39. The molecule has 2 aliphatic heterocycles. The molecule has 0 spiro atoms. The molecule has 1 fully saturated rings. The van der Waals surface area contributed by atoms with Gasteiger partial charge in [0, 0.05) is 24.5 Å². The number of nitrogens with zero attached hydrogens (tertiary/aromatic N) is 5. The van der Waals surface area contributed by atoms with Crippen LogP contribution >= 0.6 is 0 Å². The highest BCUT2D eigenvalue weighted by atomic mass is 16.5. The minimum atomic E-state index is -0.691. The lowest BCUT2D eigenvalue weighted by Crippen LogP contribution is -2.36. The first-order valence-corrected chi connectivity index (χ1v) is 13.1. The van der Waals surface area contributed by atoms with Crippen molar-refractivity contribution in [2.24, 2.45) is 16.8 Å². The van der Waals surface area contributed by atoms with Crippen LogP contribution in [0.25, 0.3) is 0 Å². The number of aliphatic carboxylic acids is 1. The lowest BCUT2D eigenvalue weighted by atomic mass is 9.79. The maximum atomic E-state index is 11.0. The average molecular weight is 478 g/mol. The minimum Gasteiger partial charge on any atom is -0.481 e. The molecule has 4 heterocycles. The van der Waals surface area contributed by atoms with Gasteiger partial charge in [-0.1, -0.05) is 26.7 Å². The fourth-order valence-electron chi connectivity index (χ4n) is 5.40. The lowest BCUT2D eigenvalue weighted by molar-refractivity contribution is -0.138. The van der Waals surface area contributed by atoms with E-state index < -0.39 is 5.97 Å². The number of unbranched alkanes of at least 4 members (excludes halogenated alkanes) is 1. The zero-order valence-corrected chi connectivity index (χ0v) is 20.7. The second kappa shape index (κ2) is 10.3. The molecule has 35 heavy (non-hydrogen) atoms. The third kappa shape index (κ3) is 5.31. The van der Waals surface area contributed by atoms with E-state index in [1.165, 1.54) is 12.8 Å². The van der Waals surface area contributed by atoms with Gasteiger partial charge in [0.25, 0.3) is 0 Å². The number of rotatable bonds is 9. The molecule has 5 rings (SSSR count). The molecule has 0 atom stereocenters. The third-order valence-corrected chi connectivity index (χ3v) is 7.39. The van der Waals surface area contributed by atoms with Crippen LogP contribution in [0.3, 0.4) is 0 Å². The first-order chi connectivity index (χ1) is 17.0. The number of hydrogen-bond acceptors (Lipinski definition) is 7. The van der Waals surface area contributed by atoms with Crippen LogP contribution in [0.15, 0.2) is 23.3 Å². The van der Waals surface area contributed by atoms with Crippen molar-refractivity contribution in [1.29, 1.82) is 0 Å². The average Bonchev–Trinajstić information content (AvgIpc) is 2.98. The molecule has 0 bridgehead atoms. The molecule has 1 aliphatic carbocycles. The predicted molar refractivity (Wildman–Crippen MR) is 135 cm³/mol. The number of carboxylic acids is 1. The van der Waals surface area contributed by atoms with E-state index in [0.29, 0.717) is 30.9 Å². The number of amidine groups is 1. The number of ether oxygens (including phenoxy) is 1. The SMILES string of the molecule is CC(C)CCCCc1nc2c3c(n1)OCCN(c1ccc(C4CCC(CC(=O)O)CC4)nc1)C3=N2. The van der Waals surface area contributed by atoms with Gasteiger partial charge in [0.05, 0.1) is 18.4 Å². The van der Waals surface area contributed by atoms with Gasteiger partial charge < -0.3 is 14.7 Å². The summed E-state index contributed by atoms with van der Waals surface area (Å²) in [4.78, 5) is 32.0. The van der Waals surface area contributed by atoms with Crippen molar-refractivity contribution in [2.75, 3.05) is 18.1 Å². The monoisotopic (exact) mass is 477 g/mol. The maximum Gasteiger partial charge on any atom is 0.303 e. The highest BCUT2D eigenvalue weighted by Crippen LogP contribution is 2.40. The molecule has 1 N–H and O–H groups in total. The minimum absolute atomic E-state index is 0.283. The number of aliphatic imine (C=N–C) groups is 1. The molecule has 1 saturated carbocycles. The van der Waals surface area contributed by atoms with Crippen molar-refractivity contribution < 1.29 is 14.6 Å². The van der Waals surface area contributed by atoms with Crippen molar-refractivity contribution >= 4 is 23.3 Å². The van der Waals surface area contributed by atoms with Crippen molar-refractivity contribution in [1.82, 2.24) is 15.0 Å². The molecular formula is C27H35N5O3. The van der Waals surface area contributed by atoms with Crippen molar-refractivity contribution in [3.05, 3.63) is 35.4 Å². The Hall–Kier alpha value is -3.03. The Kier molecular flexibility index (Phi) is 6.97. The molecular weight excluding hydrogens is 442 g/mol. The highest BCUT2D eigenvalue weighted by Gasteiger charge is 2.35. The molecule has 0 aromatic carbocycles. The van der Waals surface area contributed by atoms with Gasteiger partial charge in [-0.2, -0.15) is 4.98 Å². The molecule has 186 valence electrons. The number of anilines is 1. The molecule has 8 heteroatoms. The number of carboxylic acid groups (broad SMARTS) is 1. The van der Waals surface area contributed by atoms with E-state index in [-0.39, 0.29) is 6.42 Å². The molecule has 2 aromatic heterocycles. The van der Waals surface area contributed by atoms with E-state index in [1.807, 2.05) is 6.20 Å². The Morgan fingerprint density at radius 2 is 2.00 bits per heavy atom. The summed E-state index contributed by atoms with van der Waals surface area (Å²) in [6, 6.07) is 4.22. The van der Waals surface area contributed by atoms with Gasteiger partial charge in [0.15, 0.2) is 11.7 Å². The fraction of sp³-hybridized carbons (Fsp3) is 0.593. The molecule has 0 radical (unpaired) electrons. The van der Waals surface area contributed by atoms with Gasteiger partial charge in [-0.25, -0.2) is 9.98 Å². The van der Waals surface area contributed by atoms with Crippen LogP contribution in [0, 0.1) is 11.8 Å². The molecule has 3 aliphatic rings. The number of hydrogen-bond donors (Lipinski definition) is 1. The largest absolute Gasteiger partial charge is 0.481 e. The van der Waals surface area contributed by atoms with Crippen LogP contribution in [0.1, 0.15) is 88.2 Å². The Balaban J connectivity index is 1.23. The van der Waals surface area contributed by atoms with Crippen molar-refractivity contribution in [2.45, 2.75) is 77.6 Å². The zero-order chi connectivity index (χ0) is 24.4. The maximum absolute atomic E-state index is 11.0. The van der Waals surface area contributed by atoms with Gasteiger partial charge in [-0.15, -0.1) is 0 Å². The summed E-state index contributed by atoms with van der Waals surface area (Å²) >= 11 is 0. The van der Waals surface area contributed by atoms with E-state index in [4.69, 9.17) is 24.8 Å². The standard InChI is InChI=1S/C27H35N5O3/c1-17(2)5-3-4-6-22-29-25-24-26(31-25)32(13-14-35-27(24)30-22)20-11-12-21(28-16-20)19-9-7-18(8-10-19)15-23(33)34/h11-12,16-19H,3-10,13-15H2,1-2H3,(H,33,34). The second-order valence-electron chi connectivity index (χ2n) is 10.5. The zero-order valence-electron chi connectivity index (χ0n) is 20.7. The lowest BCUT2D eigenvalue weighted by Gasteiger charge is -2.29. The molecule has 0 amide bonds. The normalized spacial score (nSPS) is 21.0. The summed E-state index contributed by atoms with van der Waals surface area (Å²) in [6.45, 7) is 5.72. The summed E-state index contributed by atoms with van der Waals surface area (Å²) in [6.07, 6.45) is 10.5. The van der Waals surface area contributed by atoms with Gasteiger partial charge in [-0.3, -0.25) is 9.78 Å². The summed E-state index contributed by atoms with van der Waals surface area (Å²) in [5.41, 5.74) is 3.00. The number of aromatic nitrogens is 3. The first kappa shape index (κ1) is 23.7. The van der Waals surface area contributed by atoms with Crippen LogP contribution in [-0.4, -0.2) is 45.0 Å². The quantitative estimate of drug-likeness (QED) is 0.490. The molecule has 8 nitrogen and oxygen atoms in total. The summed E-state index contributed by atoms with van der Waals surface area (Å²) in [5.74, 6) is 3.81. The van der Waals surface area contributed by atoms with Crippen LogP contribution in [0.2, 0.25) is 0 Å². The Labute approximate surface area is 206 Å². The van der Waals surface area contributed by atoms with E-state index in [9.17, 15) is 4.79 Å². The van der Waals surface area contributed by atoms with E-state index in [2.05, 4.69) is 35.9 Å². The van der Waals surface area contributed by atoms with E-state index in [0.717, 1.165) is 78.9 Å². The summed E-state index contributed by atoms with van der Waals surface area (Å²) in [5, 5.41) is 9.04. The van der Waals surface area contributed by atoms with Gasteiger partial charge in [-0.05, 0) is 56.1 Å². The first-order valence-electron chi connectivity index (χ1n) is 13.1. The molecule has 0 saturated heterocycles. The second-order valence-corrected chi connectivity index (χ2v) is 10.5. The Morgan fingerprint density at radius 3 is 2.71 bits per heavy atom. The Morgan fingerprint density at radius 1 is 1.17 bits per heavy atom. The summed E-state index contributed by atoms with van der Waals surface area (Å²) < 4.78 is 6.02. The van der Waals surface area contributed by atoms with Crippen LogP contribution in [0.5, 0.6) is 5.88 Å². The molecule has 0 unspecified atom stereocenters.